The first-order valence-corrected chi connectivity index (χ1v) is 17.3. The number of phosphoric acid groups is 1. The van der Waals surface area contributed by atoms with Gasteiger partial charge >= 0.3 is 13.9 Å². The second-order valence-electron chi connectivity index (χ2n) is 12.6. The second kappa shape index (κ2) is 23.8. The Labute approximate surface area is 247 Å². The van der Waals surface area contributed by atoms with Crippen LogP contribution >= 0.6 is 7.82 Å². The van der Waals surface area contributed by atoms with Crippen LogP contribution in [0.1, 0.15) is 110 Å². The van der Waals surface area contributed by atoms with Crippen molar-refractivity contribution in [1.29, 1.82) is 0 Å². The molecule has 0 saturated carbocycles. The van der Waals surface area contributed by atoms with E-state index in [2.05, 4.69) is 11.8 Å². The molecule has 1 N–H and O–H groups in total. The normalized spacial score (nSPS) is 14.3. The number of rotatable bonds is 27. The number of likely N-dealkylation sites (N-methyl/N-ethyl adjacent to an activating group) is 2. The Morgan fingerprint density at radius 1 is 0.775 bits per heavy atom. The van der Waals surface area contributed by atoms with Gasteiger partial charge in [0.25, 0.3) is 0 Å². The molecule has 240 valence electrons. The number of ether oxygens (including phenoxy) is 1. The molecule has 9 nitrogen and oxygen atoms in total. The molecule has 10 heteroatoms. The largest absolute Gasteiger partial charge is 0.472 e. The summed E-state index contributed by atoms with van der Waals surface area (Å²) in [6.07, 6.45) is 20.2. The summed E-state index contributed by atoms with van der Waals surface area (Å²) in [5.41, 5.74) is 0. The van der Waals surface area contributed by atoms with Crippen LogP contribution in [0.25, 0.3) is 0 Å². The average molecular weight is 595 g/mol. The predicted octanol–water partition coefficient (Wildman–Crippen LogP) is 7.09. The van der Waals surface area contributed by atoms with E-state index in [0.717, 1.165) is 13.0 Å². The maximum atomic E-state index is 12.3. The molecule has 0 aliphatic heterocycles. The number of carbonyl (C=O) groups is 1. The van der Waals surface area contributed by atoms with Crippen molar-refractivity contribution in [1.82, 2.24) is 9.80 Å². The molecule has 0 aromatic heterocycles. The lowest BCUT2D eigenvalue weighted by atomic mass is 10.0. The first-order valence-electron chi connectivity index (χ1n) is 15.8. The summed E-state index contributed by atoms with van der Waals surface area (Å²) in [5.74, 6) is 0. The van der Waals surface area contributed by atoms with Gasteiger partial charge in [0, 0.05) is 20.6 Å². The van der Waals surface area contributed by atoms with Crippen LogP contribution in [0.4, 0.5) is 4.79 Å². The molecular weight excluding hydrogens is 529 g/mol. The third kappa shape index (κ3) is 26.2. The lowest BCUT2D eigenvalue weighted by Gasteiger charge is -2.26. The molecule has 0 aromatic carbocycles. The number of hydrogen-bond donors (Lipinski definition) is 1. The van der Waals surface area contributed by atoms with Crippen molar-refractivity contribution in [3.63, 3.8) is 0 Å². The van der Waals surface area contributed by atoms with Crippen molar-refractivity contribution < 1.29 is 32.5 Å². The highest BCUT2D eigenvalue weighted by Gasteiger charge is 2.27. The van der Waals surface area contributed by atoms with Crippen molar-refractivity contribution >= 4 is 13.9 Å². The smallest absolute Gasteiger partial charge is 0.442 e. The standard InChI is InChI=1S/C30H64N3O6P/c1-8-9-10-11-12-13-14-15-16-17-18-19-20-21-22-23-24-32(4)27-29(39-30(34)31(2)3)28-38-40(35,36)37-26-25-33(5,6)7/h29H,8-28H2,1-7H3/p+1. The van der Waals surface area contributed by atoms with Crippen molar-refractivity contribution in [2.24, 2.45) is 0 Å². The van der Waals surface area contributed by atoms with E-state index in [0.29, 0.717) is 17.6 Å². The average Bonchev–Trinajstić information content (AvgIpc) is 2.86. The first kappa shape index (κ1) is 39.3. The fourth-order valence-electron chi connectivity index (χ4n) is 4.39. The Bertz CT molecular complexity index is 660. The van der Waals surface area contributed by atoms with Crippen LogP contribution < -0.4 is 0 Å². The maximum absolute atomic E-state index is 12.3. The molecule has 0 heterocycles. The predicted molar refractivity (Wildman–Crippen MR) is 166 cm³/mol. The van der Waals surface area contributed by atoms with Crippen molar-refractivity contribution in [2.45, 2.75) is 116 Å². The lowest BCUT2D eigenvalue weighted by molar-refractivity contribution is -0.870. The number of carbonyl (C=O) groups excluding carboxylic acids is 1. The molecular formula is C30H65N3O6P+. The Balaban J connectivity index is 4.06. The topological polar surface area (TPSA) is 88.5 Å². The van der Waals surface area contributed by atoms with Crippen molar-refractivity contribution in [3.05, 3.63) is 0 Å². The van der Waals surface area contributed by atoms with Gasteiger partial charge in [-0.15, -0.1) is 0 Å². The van der Waals surface area contributed by atoms with Gasteiger partial charge in [0.15, 0.2) is 0 Å². The summed E-state index contributed by atoms with van der Waals surface area (Å²) in [6, 6.07) is 0. The van der Waals surface area contributed by atoms with E-state index in [-0.39, 0.29) is 13.2 Å². The van der Waals surface area contributed by atoms with Gasteiger partial charge in [-0.2, -0.15) is 0 Å². The summed E-state index contributed by atoms with van der Waals surface area (Å²) in [5, 5.41) is 0. The lowest BCUT2D eigenvalue weighted by Crippen LogP contribution is -2.39. The minimum Gasteiger partial charge on any atom is -0.442 e. The van der Waals surface area contributed by atoms with Crippen LogP contribution in [0, 0.1) is 0 Å². The van der Waals surface area contributed by atoms with Gasteiger partial charge in [0.05, 0.1) is 27.7 Å². The van der Waals surface area contributed by atoms with Crippen LogP contribution in [-0.2, 0) is 18.3 Å². The van der Waals surface area contributed by atoms with Gasteiger partial charge in [0.1, 0.15) is 19.3 Å². The molecule has 0 radical (unpaired) electrons. The zero-order chi connectivity index (χ0) is 30.3. The van der Waals surface area contributed by atoms with Gasteiger partial charge in [0.2, 0.25) is 0 Å². The van der Waals surface area contributed by atoms with Crippen LogP contribution in [0.5, 0.6) is 0 Å². The highest BCUT2D eigenvalue weighted by Crippen LogP contribution is 2.43. The molecule has 40 heavy (non-hydrogen) atoms. The summed E-state index contributed by atoms with van der Waals surface area (Å²) in [6.45, 7) is 4.01. The van der Waals surface area contributed by atoms with Gasteiger partial charge < -0.3 is 23.9 Å². The van der Waals surface area contributed by atoms with Crippen LogP contribution in [0.2, 0.25) is 0 Å². The van der Waals surface area contributed by atoms with E-state index in [1.165, 1.54) is 101 Å². The number of nitrogens with zero attached hydrogens (tertiary/aromatic N) is 3. The third-order valence-electron chi connectivity index (χ3n) is 6.98. The third-order valence-corrected chi connectivity index (χ3v) is 7.97. The van der Waals surface area contributed by atoms with E-state index in [1.807, 2.05) is 28.2 Å². The molecule has 0 aromatic rings. The fourth-order valence-corrected chi connectivity index (χ4v) is 5.13. The summed E-state index contributed by atoms with van der Waals surface area (Å²) in [7, 11) is 6.86. The highest BCUT2D eigenvalue weighted by atomic mass is 31.2. The minimum atomic E-state index is -4.23. The Morgan fingerprint density at radius 3 is 1.65 bits per heavy atom. The van der Waals surface area contributed by atoms with Crippen molar-refractivity contribution in [3.8, 4) is 0 Å². The van der Waals surface area contributed by atoms with Gasteiger partial charge in [-0.3, -0.25) is 9.05 Å². The molecule has 2 unspecified atom stereocenters. The SMILES string of the molecule is CCCCCCCCCCCCCCCCCCN(C)CC(COP(=O)(O)OCC[N+](C)(C)C)OC(=O)N(C)C. The summed E-state index contributed by atoms with van der Waals surface area (Å²) < 4.78 is 28.7. The van der Waals surface area contributed by atoms with Gasteiger partial charge in [-0.05, 0) is 20.0 Å². The van der Waals surface area contributed by atoms with Crippen LogP contribution in [-0.4, -0.2) is 107 Å². The Morgan fingerprint density at radius 2 is 1.23 bits per heavy atom. The number of amides is 1. The quantitative estimate of drug-likeness (QED) is 0.0617. The van der Waals surface area contributed by atoms with Crippen molar-refractivity contribution in [2.75, 3.05) is 75.1 Å². The second-order valence-corrected chi connectivity index (χ2v) is 14.0. The molecule has 0 bridgehead atoms. The monoisotopic (exact) mass is 594 g/mol. The molecule has 1 amide bonds. The Kier molecular flexibility index (Phi) is 23.4. The van der Waals surface area contributed by atoms with E-state index < -0.39 is 20.0 Å². The number of hydrogen-bond acceptors (Lipinski definition) is 6. The minimum absolute atomic E-state index is 0.0958. The molecule has 0 aliphatic carbocycles. The molecule has 0 aliphatic rings. The fraction of sp³-hybridized carbons (Fsp3) is 0.967. The molecule has 0 saturated heterocycles. The summed E-state index contributed by atoms with van der Waals surface area (Å²) in [4.78, 5) is 25.6. The van der Waals surface area contributed by atoms with E-state index >= 15 is 0 Å². The van der Waals surface area contributed by atoms with E-state index in [4.69, 9.17) is 13.8 Å². The molecule has 2 atom stereocenters. The van der Waals surface area contributed by atoms with Gasteiger partial charge in [-0.1, -0.05) is 103 Å². The Hall–Kier alpha value is -0.700. The zero-order valence-corrected chi connectivity index (χ0v) is 28.1. The van der Waals surface area contributed by atoms with E-state index in [1.54, 1.807) is 14.1 Å². The molecule has 0 rings (SSSR count). The maximum Gasteiger partial charge on any atom is 0.472 e. The number of phosphoric ester groups is 1. The zero-order valence-electron chi connectivity index (χ0n) is 27.2. The number of unbranched alkanes of at least 4 members (excludes halogenated alkanes) is 15. The summed E-state index contributed by atoms with van der Waals surface area (Å²) >= 11 is 0. The van der Waals surface area contributed by atoms with Crippen LogP contribution in [0.3, 0.4) is 0 Å². The molecule has 0 spiro atoms. The van der Waals surface area contributed by atoms with Crippen LogP contribution in [0.15, 0.2) is 0 Å². The highest BCUT2D eigenvalue weighted by molar-refractivity contribution is 7.47. The van der Waals surface area contributed by atoms with Gasteiger partial charge in [-0.25, -0.2) is 9.36 Å². The molecule has 0 fully saturated rings. The number of quaternary nitrogens is 1. The van der Waals surface area contributed by atoms with E-state index in [9.17, 15) is 14.3 Å². The first-order chi connectivity index (χ1) is 18.9.